The maximum absolute atomic E-state index is 11.7. The summed E-state index contributed by atoms with van der Waals surface area (Å²) >= 11 is 11.9. The van der Waals surface area contributed by atoms with E-state index in [1.807, 2.05) is 6.07 Å². The fourth-order valence-corrected chi connectivity index (χ4v) is 2.75. The van der Waals surface area contributed by atoms with Gasteiger partial charge in [-0.25, -0.2) is 4.79 Å². The van der Waals surface area contributed by atoms with E-state index in [4.69, 9.17) is 27.9 Å². The number of benzene rings is 1. The molecular formula is C15H21Cl2N3O2. The molecule has 7 heteroatoms. The fourth-order valence-electron chi connectivity index (χ4n) is 2.25. The Hall–Kier alpha value is -1.01. The SMILES string of the molecule is O=C(NCCc1ccc(Cl)cc1Cl)NCCN1CCOCC1. The van der Waals surface area contributed by atoms with E-state index >= 15 is 0 Å². The Labute approximate surface area is 140 Å². The summed E-state index contributed by atoms with van der Waals surface area (Å²) in [6.45, 7) is 5.41. The lowest BCUT2D eigenvalue weighted by molar-refractivity contribution is 0.0387. The van der Waals surface area contributed by atoms with E-state index in [0.717, 1.165) is 38.4 Å². The van der Waals surface area contributed by atoms with Crippen molar-refractivity contribution in [3.05, 3.63) is 33.8 Å². The number of rotatable bonds is 6. The highest BCUT2D eigenvalue weighted by molar-refractivity contribution is 6.35. The largest absolute Gasteiger partial charge is 0.379 e. The van der Waals surface area contributed by atoms with Crippen LogP contribution >= 0.6 is 23.2 Å². The van der Waals surface area contributed by atoms with Crippen molar-refractivity contribution < 1.29 is 9.53 Å². The summed E-state index contributed by atoms with van der Waals surface area (Å²) in [5, 5.41) is 6.92. The smallest absolute Gasteiger partial charge is 0.314 e. The molecule has 0 unspecified atom stereocenters. The highest BCUT2D eigenvalue weighted by Crippen LogP contribution is 2.20. The van der Waals surface area contributed by atoms with Gasteiger partial charge in [-0.15, -0.1) is 0 Å². The normalized spacial score (nSPS) is 15.5. The highest BCUT2D eigenvalue weighted by atomic mass is 35.5. The van der Waals surface area contributed by atoms with Crippen LogP contribution in [0.4, 0.5) is 4.79 Å². The summed E-state index contributed by atoms with van der Waals surface area (Å²) in [6, 6.07) is 5.23. The van der Waals surface area contributed by atoms with Crippen LogP contribution in [-0.4, -0.2) is 56.9 Å². The molecule has 1 heterocycles. The maximum atomic E-state index is 11.7. The lowest BCUT2D eigenvalue weighted by Gasteiger charge is -2.26. The van der Waals surface area contributed by atoms with Crippen molar-refractivity contribution in [1.82, 2.24) is 15.5 Å². The number of morpholine rings is 1. The van der Waals surface area contributed by atoms with E-state index in [1.165, 1.54) is 0 Å². The second kappa shape index (κ2) is 9.20. The van der Waals surface area contributed by atoms with Gasteiger partial charge in [0.2, 0.25) is 0 Å². The number of ether oxygens (including phenoxy) is 1. The summed E-state index contributed by atoms with van der Waals surface area (Å²) < 4.78 is 5.28. The van der Waals surface area contributed by atoms with E-state index in [2.05, 4.69) is 15.5 Å². The van der Waals surface area contributed by atoms with Gasteiger partial charge in [0.15, 0.2) is 0 Å². The minimum absolute atomic E-state index is 0.154. The van der Waals surface area contributed by atoms with Crippen molar-refractivity contribution in [3.63, 3.8) is 0 Å². The zero-order valence-electron chi connectivity index (χ0n) is 12.4. The molecule has 0 atom stereocenters. The quantitative estimate of drug-likeness (QED) is 0.830. The Morgan fingerprint density at radius 1 is 1.18 bits per heavy atom. The zero-order valence-corrected chi connectivity index (χ0v) is 13.9. The number of carbonyl (C=O) groups excluding carboxylic acids is 1. The number of nitrogens with one attached hydrogen (secondary N) is 2. The van der Waals surface area contributed by atoms with Crippen LogP contribution in [0, 0.1) is 0 Å². The number of hydrogen-bond acceptors (Lipinski definition) is 3. The summed E-state index contributed by atoms with van der Waals surface area (Å²) in [4.78, 5) is 14.0. The molecule has 5 nitrogen and oxygen atoms in total. The first-order valence-electron chi connectivity index (χ1n) is 7.41. The topological polar surface area (TPSA) is 53.6 Å². The molecule has 0 radical (unpaired) electrons. The summed E-state index contributed by atoms with van der Waals surface area (Å²) in [5.74, 6) is 0. The van der Waals surface area contributed by atoms with Crippen LogP contribution in [0.15, 0.2) is 18.2 Å². The van der Waals surface area contributed by atoms with Crippen LogP contribution in [0.5, 0.6) is 0 Å². The van der Waals surface area contributed by atoms with Crippen LogP contribution in [0.25, 0.3) is 0 Å². The number of urea groups is 1. The molecule has 2 N–H and O–H groups in total. The number of hydrogen-bond donors (Lipinski definition) is 2. The molecule has 0 aromatic heterocycles. The molecule has 0 spiro atoms. The van der Waals surface area contributed by atoms with Crippen molar-refractivity contribution in [3.8, 4) is 0 Å². The summed E-state index contributed by atoms with van der Waals surface area (Å²) in [6.07, 6.45) is 0.673. The first-order chi connectivity index (χ1) is 10.6. The molecule has 1 aliphatic heterocycles. The number of nitrogens with zero attached hydrogens (tertiary/aromatic N) is 1. The number of amides is 2. The van der Waals surface area contributed by atoms with Crippen molar-refractivity contribution >= 4 is 29.2 Å². The minimum atomic E-state index is -0.154. The Balaban J connectivity index is 1.59. The molecule has 1 aromatic carbocycles. The van der Waals surface area contributed by atoms with Gasteiger partial charge in [0.1, 0.15) is 0 Å². The molecule has 0 saturated carbocycles. The third-order valence-electron chi connectivity index (χ3n) is 3.51. The molecule has 22 heavy (non-hydrogen) atoms. The lowest BCUT2D eigenvalue weighted by Crippen LogP contribution is -2.44. The molecule has 0 bridgehead atoms. The van der Waals surface area contributed by atoms with E-state index in [0.29, 0.717) is 29.6 Å². The van der Waals surface area contributed by atoms with Gasteiger partial charge in [-0.3, -0.25) is 4.90 Å². The molecule has 1 saturated heterocycles. The Morgan fingerprint density at radius 3 is 2.64 bits per heavy atom. The average Bonchev–Trinajstić information content (AvgIpc) is 2.50. The second-order valence-corrected chi connectivity index (χ2v) is 5.97. The van der Waals surface area contributed by atoms with Crippen molar-refractivity contribution in [1.29, 1.82) is 0 Å². The van der Waals surface area contributed by atoms with Gasteiger partial charge >= 0.3 is 6.03 Å². The Morgan fingerprint density at radius 2 is 1.91 bits per heavy atom. The van der Waals surface area contributed by atoms with E-state index in [-0.39, 0.29) is 6.03 Å². The average molecular weight is 346 g/mol. The van der Waals surface area contributed by atoms with Crippen LogP contribution in [0.3, 0.4) is 0 Å². The highest BCUT2D eigenvalue weighted by Gasteiger charge is 2.10. The van der Waals surface area contributed by atoms with Crippen molar-refractivity contribution in [2.45, 2.75) is 6.42 Å². The monoisotopic (exact) mass is 345 g/mol. The lowest BCUT2D eigenvalue weighted by atomic mass is 10.1. The molecule has 122 valence electrons. The third-order valence-corrected chi connectivity index (χ3v) is 4.10. The first kappa shape index (κ1) is 17.3. The molecule has 0 aliphatic carbocycles. The van der Waals surface area contributed by atoms with Crippen LogP contribution in [-0.2, 0) is 11.2 Å². The van der Waals surface area contributed by atoms with Gasteiger partial charge in [0.25, 0.3) is 0 Å². The predicted octanol–water partition coefficient (Wildman–Crippen LogP) is 2.17. The third kappa shape index (κ3) is 6.01. The van der Waals surface area contributed by atoms with Crippen LogP contribution < -0.4 is 10.6 Å². The zero-order chi connectivity index (χ0) is 15.8. The standard InChI is InChI=1S/C15H21Cl2N3O2/c16-13-2-1-12(14(17)11-13)3-4-18-15(21)19-5-6-20-7-9-22-10-8-20/h1-2,11H,3-10H2,(H2,18,19,21). The Kier molecular flexibility index (Phi) is 7.25. The Bertz CT molecular complexity index is 494. The van der Waals surface area contributed by atoms with Gasteiger partial charge < -0.3 is 15.4 Å². The minimum Gasteiger partial charge on any atom is -0.379 e. The number of halogens is 2. The molecular weight excluding hydrogens is 325 g/mol. The van der Waals surface area contributed by atoms with Gasteiger partial charge in [-0.2, -0.15) is 0 Å². The maximum Gasteiger partial charge on any atom is 0.314 e. The number of carbonyl (C=O) groups is 1. The van der Waals surface area contributed by atoms with Gasteiger partial charge in [-0.05, 0) is 24.1 Å². The molecule has 1 aliphatic rings. The van der Waals surface area contributed by atoms with Crippen molar-refractivity contribution in [2.24, 2.45) is 0 Å². The fraction of sp³-hybridized carbons (Fsp3) is 0.533. The van der Waals surface area contributed by atoms with Gasteiger partial charge in [0, 0.05) is 42.8 Å². The molecule has 2 rings (SSSR count). The molecule has 1 fully saturated rings. The van der Waals surface area contributed by atoms with Crippen LogP contribution in [0.2, 0.25) is 10.0 Å². The van der Waals surface area contributed by atoms with Gasteiger partial charge in [0.05, 0.1) is 13.2 Å². The first-order valence-corrected chi connectivity index (χ1v) is 8.16. The predicted molar refractivity (Wildman–Crippen MR) is 88.8 cm³/mol. The molecule has 2 amide bonds. The van der Waals surface area contributed by atoms with E-state index in [9.17, 15) is 4.79 Å². The second-order valence-electron chi connectivity index (χ2n) is 5.12. The molecule has 1 aromatic rings. The summed E-state index contributed by atoms with van der Waals surface area (Å²) in [5.41, 5.74) is 0.972. The van der Waals surface area contributed by atoms with E-state index in [1.54, 1.807) is 12.1 Å². The van der Waals surface area contributed by atoms with Crippen LogP contribution in [0.1, 0.15) is 5.56 Å². The van der Waals surface area contributed by atoms with E-state index < -0.39 is 0 Å². The van der Waals surface area contributed by atoms with Crippen molar-refractivity contribution in [2.75, 3.05) is 45.9 Å². The summed E-state index contributed by atoms with van der Waals surface area (Å²) in [7, 11) is 0. The van der Waals surface area contributed by atoms with Gasteiger partial charge in [-0.1, -0.05) is 29.3 Å².